The maximum atomic E-state index is 11.8. The number of benzene rings is 2. The second-order valence-corrected chi connectivity index (χ2v) is 4.92. The summed E-state index contributed by atoms with van der Waals surface area (Å²) in [6, 6.07) is 14.7. The lowest BCUT2D eigenvalue weighted by Gasteiger charge is -2.13. The van der Waals surface area contributed by atoms with E-state index in [0.717, 1.165) is 11.4 Å². The van der Waals surface area contributed by atoms with Gasteiger partial charge in [0.2, 0.25) is 0 Å². The Hall–Kier alpha value is -2.20. The highest BCUT2D eigenvalue weighted by Gasteiger charge is 2.09. The molecule has 0 aliphatic heterocycles. The summed E-state index contributed by atoms with van der Waals surface area (Å²) in [7, 11) is 3.89. The molecule has 0 unspecified atom stereocenters. The molecule has 0 aromatic heterocycles. The van der Waals surface area contributed by atoms with Gasteiger partial charge in [0.15, 0.2) is 5.78 Å². The first-order chi connectivity index (χ1) is 10.1. The van der Waals surface area contributed by atoms with Crippen molar-refractivity contribution < 1.29 is 4.79 Å². The first-order valence-electron chi connectivity index (χ1n) is 6.49. The van der Waals surface area contributed by atoms with Crippen LogP contribution in [-0.4, -0.2) is 25.8 Å². The van der Waals surface area contributed by atoms with Gasteiger partial charge in [0.25, 0.3) is 0 Å². The van der Waals surface area contributed by atoms with E-state index in [-0.39, 0.29) is 11.7 Å². The van der Waals surface area contributed by atoms with Gasteiger partial charge in [-0.2, -0.15) is 0 Å². The summed E-state index contributed by atoms with van der Waals surface area (Å²) in [4.78, 5) is 13.7. The molecule has 2 rings (SSSR count). The summed E-state index contributed by atoms with van der Waals surface area (Å²) in [6.45, 7) is 0. The lowest BCUT2D eigenvalue weighted by molar-refractivity contribution is 0.102. The van der Waals surface area contributed by atoms with E-state index in [4.69, 9.17) is 11.6 Å². The molecule has 0 atom stereocenters. The van der Waals surface area contributed by atoms with E-state index in [1.807, 2.05) is 49.3 Å². The van der Waals surface area contributed by atoms with E-state index in [9.17, 15) is 4.79 Å². The zero-order valence-electron chi connectivity index (χ0n) is 12.0. The van der Waals surface area contributed by atoms with Crippen molar-refractivity contribution in [3.63, 3.8) is 0 Å². The lowest BCUT2D eigenvalue weighted by Crippen LogP contribution is -2.08. The minimum Gasteiger partial charge on any atom is -0.376 e. The van der Waals surface area contributed by atoms with E-state index in [1.54, 1.807) is 18.2 Å². The first-order valence-corrected chi connectivity index (χ1v) is 7.03. The predicted octanol–water partition coefficient (Wildman–Crippen LogP) is 4.59. The second kappa shape index (κ2) is 6.99. The Bertz CT molecular complexity index is 668. The molecule has 0 N–H and O–H groups in total. The number of alkyl halides is 1. The van der Waals surface area contributed by atoms with Crippen LogP contribution in [0.15, 0.2) is 58.8 Å². The highest BCUT2D eigenvalue weighted by molar-refractivity contribution is 6.31. The Morgan fingerprint density at radius 1 is 1.00 bits per heavy atom. The first kappa shape index (κ1) is 15.2. The summed E-state index contributed by atoms with van der Waals surface area (Å²) < 4.78 is 0. The van der Waals surface area contributed by atoms with Crippen LogP contribution in [0.5, 0.6) is 0 Å². The molecular weight excluding hydrogens is 286 g/mol. The number of halogens is 1. The number of carbonyl (C=O) groups excluding carboxylic acids is 1. The van der Waals surface area contributed by atoms with Gasteiger partial charge in [-0.25, -0.2) is 0 Å². The van der Waals surface area contributed by atoms with Crippen LogP contribution in [0, 0.1) is 0 Å². The molecule has 0 radical (unpaired) electrons. The molecule has 21 heavy (non-hydrogen) atoms. The Morgan fingerprint density at radius 3 is 2.24 bits per heavy atom. The number of hydrogen-bond acceptors (Lipinski definition) is 4. The van der Waals surface area contributed by atoms with E-state index in [1.165, 1.54) is 0 Å². The molecule has 0 saturated heterocycles. The average molecular weight is 302 g/mol. The van der Waals surface area contributed by atoms with Crippen LogP contribution in [0.3, 0.4) is 0 Å². The smallest absolute Gasteiger partial charge is 0.179 e. The molecule has 5 heteroatoms. The minimum atomic E-state index is -0.160. The predicted molar refractivity (Wildman–Crippen MR) is 86.4 cm³/mol. The number of para-hydroxylation sites is 1. The summed E-state index contributed by atoms with van der Waals surface area (Å²) in [6.07, 6.45) is 0. The van der Waals surface area contributed by atoms with Crippen molar-refractivity contribution in [2.45, 2.75) is 0 Å². The number of ketones is 1. The van der Waals surface area contributed by atoms with E-state index in [0.29, 0.717) is 11.3 Å². The molecule has 0 fully saturated rings. The molecule has 4 nitrogen and oxygen atoms in total. The van der Waals surface area contributed by atoms with Gasteiger partial charge >= 0.3 is 0 Å². The van der Waals surface area contributed by atoms with Gasteiger partial charge in [0, 0.05) is 19.7 Å². The number of carbonyl (C=O) groups is 1. The lowest BCUT2D eigenvalue weighted by atomic mass is 10.1. The zero-order valence-corrected chi connectivity index (χ0v) is 12.7. The van der Waals surface area contributed by atoms with Gasteiger partial charge < -0.3 is 4.90 Å². The number of nitrogens with zero attached hydrogens (tertiary/aromatic N) is 3. The summed E-state index contributed by atoms with van der Waals surface area (Å²) in [5, 5.41) is 8.47. The monoisotopic (exact) mass is 301 g/mol. The molecular formula is C16H16ClN3O. The maximum Gasteiger partial charge on any atom is 0.179 e. The fraction of sp³-hybridized carbons (Fsp3) is 0.188. The third kappa shape index (κ3) is 3.67. The van der Waals surface area contributed by atoms with Gasteiger partial charge in [-0.1, -0.05) is 24.3 Å². The molecule has 0 aliphatic carbocycles. The van der Waals surface area contributed by atoms with Crippen molar-refractivity contribution in [3.8, 4) is 0 Å². The number of azo groups is 1. The highest BCUT2D eigenvalue weighted by atomic mass is 35.5. The van der Waals surface area contributed by atoms with Crippen LogP contribution in [0.4, 0.5) is 17.1 Å². The highest BCUT2D eigenvalue weighted by Crippen LogP contribution is 2.29. The number of anilines is 1. The van der Waals surface area contributed by atoms with Crippen LogP contribution < -0.4 is 4.90 Å². The molecule has 0 heterocycles. The van der Waals surface area contributed by atoms with Gasteiger partial charge in [-0.3, -0.25) is 4.79 Å². The van der Waals surface area contributed by atoms with Crippen molar-refractivity contribution in [2.24, 2.45) is 10.2 Å². The Labute approximate surface area is 129 Å². The molecule has 2 aromatic rings. The number of hydrogen-bond donors (Lipinski definition) is 0. The minimum absolute atomic E-state index is 0.0686. The fourth-order valence-electron chi connectivity index (χ4n) is 1.90. The largest absolute Gasteiger partial charge is 0.376 e. The third-order valence-corrected chi connectivity index (χ3v) is 3.20. The van der Waals surface area contributed by atoms with E-state index in [2.05, 4.69) is 10.2 Å². The number of Topliss-reactive ketones (excluding diaryl/α,β-unsaturated/α-hetero) is 1. The summed E-state index contributed by atoms with van der Waals surface area (Å²) in [5.41, 5.74) is 2.72. The van der Waals surface area contributed by atoms with Crippen molar-refractivity contribution in [1.82, 2.24) is 0 Å². The van der Waals surface area contributed by atoms with Crippen molar-refractivity contribution in [3.05, 3.63) is 54.1 Å². The SMILES string of the molecule is CN(C)c1ccccc1N=Nc1ccccc1C(=O)CCl. The molecule has 0 saturated carbocycles. The van der Waals surface area contributed by atoms with Crippen molar-refractivity contribution in [2.75, 3.05) is 24.9 Å². The standard InChI is InChI=1S/C16H16ClN3O/c1-20(2)15-10-6-5-9-14(15)19-18-13-8-4-3-7-12(13)16(21)11-17/h3-10H,11H2,1-2H3. The van der Waals surface area contributed by atoms with Crippen LogP contribution in [-0.2, 0) is 0 Å². The number of rotatable bonds is 5. The van der Waals surface area contributed by atoms with Gasteiger partial charge in [0.05, 0.1) is 17.3 Å². The summed E-state index contributed by atoms with van der Waals surface area (Å²) in [5.74, 6) is -0.229. The Morgan fingerprint density at radius 2 is 1.57 bits per heavy atom. The van der Waals surface area contributed by atoms with Crippen LogP contribution in [0.25, 0.3) is 0 Å². The van der Waals surface area contributed by atoms with Gasteiger partial charge in [0.1, 0.15) is 5.69 Å². The van der Waals surface area contributed by atoms with Crippen molar-refractivity contribution in [1.29, 1.82) is 0 Å². The van der Waals surface area contributed by atoms with E-state index < -0.39 is 0 Å². The Kier molecular flexibility index (Phi) is 5.06. The second-order valence-electron chi connectivity index (χ2n) is 4.66. The van der Waals surface area contributed by atoms with Crippen LogP contribution >= 0.6 is 11.6 Å². The topological polar surface area (TPSA) is 45.0 Å². The van der Waals surface area contributed by atoms with Crippen LogP contribution in [0.2, 0.25) is 0 Å². The molecule has 2 aromatic carbocycles. The molecule has 108 valence electrons. The molecule has 0 spiro atoms. The molecule has 0 amide bonds. The third-order valence-electron chi connectivity index (χ3n) is 2.95. The Balaban J connectivity index is 2.37. The van der Waals surface area contributed by atoms with Crippen LogP contribution in [0.1, 0.15) is 10.4 Å². The molecule has 0 bridgehead atoms. The fourth-order valence-corrected chi connectivity index (χ4v) is 2.05. The maximum absolute atomic E-state index is 11.8. The van der Waals surface area contributed by atoms with E-state index >= 15 is 0 Å². The summed E-state index contributed by atoms with van der Waals surface area (Å²) >= 11 is 5.61. The zero-order chi connectivity index (χ0) is 15.2. The molecule has 0 aliphatic rings. The average Bonchev–Trinajstić information content (AvgIpc) is 2.52. The van der Waals surface area contributed by atoms with Gasteiger partial charge in [-0.15, -0.1) is 21.8 Å². The van der Waals surface area contributed by atoms with Gasteiger partial charge in [-0.05, 0) is 24.3 Å². The van der Waals surface area contributed by atoms with Crippen molar-refractivity contribution >= 4 is 34.4 Å². The normalized spacial score (nSPS) is 10.8. The quantitative estimate of drug-likeness (QED) is 0.460.